The zero-order valence-corrected chi connectivity index (χ0v) is 10.6. The summed E-state index contributed by atoms with van der Waals surface area (Å²) < 4.78 is 4.90. The number of benzene rings is 1. The molecule has 0 spiro atoms. The van der Waals surface area contributed by atoms with Crippen molar-refractivity contribution >= 4 is 5.97 Å². The van der Waals surface area contributed by atoms with Crippen LogP contribution in [-0.2, 0) is 22.4 Å². The van der Waals surface area contributed by atoms with Crippen molar-refractivity contribution in [1.82, 2.24) is 0 Å². The van der Waals surface area contributed by atoms with Gasteiger partial charge in [0.15, 0.2) is 6.10 Å². The van der Waals surface area contributed by atoms with Crippen molar-refractivity contribution < 1.29 is 14.6 Å². The number of nitrogens with two attached hydrogens (primary N) is 1. The normalized spacial score (nSPS) is 18.2. The van der Waals surface area contributed by atoms with E-state index in [9.17, 15) is 9.90 Å². The number of carbonyl (C=O) groups excluding carboxylic acids is 1. The van der Waals surface area contributed by atoms with Crippen molar-refractivity contribution in [3.63, 3.8) is 0 Å². The summed E-state index contributed by atoms with van der Waals surface area (Å²) in [4.78, 5) is 11.7. The molecule has 0 aliphatic heterocycles. The molecule has 4 heteroatoms. The third kappa shape index (κ3) is 2.13. The average Bonchev–Trinajstić information content (AvgIpc) is 2.77. The second-order valence-electron chi connectivity index (χ2n) is 4.84. The molecule has 1 aliphatic rings. The van der Waals surface area contributed by atoms with E-state index in [2.05, 4.69) is 0 Å². The molecular weight excluding hydrogens is 230 g/mol. The van der Waals surface area contributed by atoms with E-state index < -0.39 is 17.5 Å². The van der Waals surface area contributed by atoms with E-state index in [0.29, 0.717) is 12.8 Å². The van der Waals surface area contributed by atoms with E-state index in [1.807, 2.05) is 24.3 Å². The first kappa shape index (κ1) is 13.1. The van der Waals surface area contributed by atoms with Crippen LogP contribution in [0.25, 0.3) is 0 Å². The van der Waals surface area contributed by atoms with Gasteiger partial charge in [-0.3, -0.25) is 0 Å². The van der Waals surface area contributed by atoms with E-state index in [4.69, 9.17) is 10.5 Å². The van der Waals surface area contributed by atoms with Gasteiger partial charge in [-0.1, -0.05) is 24.3 Å². The fraction of sp³-hybridized carbons (Fsp3) is 0.500. The van der Waals surface area contributed by atoms with Gasteiger partial charge in [-0.25, -0.2) is 4.79 Å². The summed E-state index contributed by atoms with van der Waals surface area (Å²) in [6, 6.07) is 7.96. The lowest BCUT2D eigenvalue weighted by Crippen LogP contribution is -2.47. The molecule has 0 radical (unpaired) electrons. The Hall–Kier alpha value is -1.39. The Morgan fingerprint density at radius 2 is 2.00 bits per heavy atom. The van der Waals surface area contributed by atoms with Gasteiger partial charge in [0.1, 0.15) is 0 Å². The zero-order valence-electron chi connectivity index (χ0n) is 10.6. The van der Waals surface area contributed by atoms with E-state index in [1.165, 1.54) is 0 Å². The SMILES string of the molecule is CCOC(=O)C(O)C1(CN)Cc2ccccc2C1. The molecule has 98 valence electrons. The molecule has 0 aromatic heterocycles. The fourth-order valence-corrected chi connectivity index (χ4v) is 2.64. The molecule has 2 rings (SSSR count). The van der Waals surface area contributed by atoms with Gasteiger partial charge < -0.3 is 15.6 Å². The summed E-state index contributed by atoms with van der Waals surface area (Å²) in [6.45, 7) is 2.26. The molecule has 0 bridgehead atoms. The first-order valence-corrected chi connectivity index (χ1v) is 6.24. The van der Waals surface area contributed by atoms with E-state index in [1.54, 1.807) is 6.92 Å². The van der Waals surface area contributed by atoms with Crippen molar-refractivity contribution in [2.75, 3.05) is 13.2 Å². The van der Waals surface area contributed by atoms with Crippen LogP contribution in [0, 0.1) is 5.41 Å². The summed E-state index contributed by atoms with van der Waals surface area (Å²) in [7, 11) is 0. The summed E-state index contributed by atoms with van der Waals surface area (Å²) in [6.07, 6.45) is 0.0918. The Balaban J connectivity index is 2.22. The Morgan fingerprint density at radius 3 is 2.44 bits per heavy atom. The van der Waals surface area contributed by atoms with Crippen molar-refractivity contribution in [1.29, 1.82) is 0 Å². The largest absolute Gasteiger partial charge is 0.464 e. The highest BCUT2D eigenvalue weighted by molar-refractivity contribution is 5.76. The predicted molar refractivity (Wildman–Crippen MR) is 68.0 cm³/mol. The third-order valence-corrected chi connectivity index (χ3v) is 3.70. The number of ether oxygens (including phenoxy) is 1. The standard InChI is InChI=1S/C14H19NO3/c1-2-18-13(17)12(16)14(9-15)7-10-5-3-4-6-11(10)8-14/h3-6,12,16H,2,7-9,15H2,1H3. The van der Waals surface area contributed by atoms with Crippen molar-refractivity contribution in [3.05, 3.63) is 35.4 Å². The number of aliphatic hydroxyl groups excluding tert-OH is 1. The van der Waals surface area contributed by atoms with Gasteiger partial charge in [0.2, 0.25) is 0 Å². The molecule has 0 saturated carbocycles. The molecule has 0 amide bonds. The number of hydrogen-bond donors (Lipinski definition) is 2. The topological polar surface area (TPSA) is 72.5 Å². The Bertz CT molecular complexity index is 419. The minimum absolute atomic E-state index is 0.266. The molecule has 3 N–H and O–H groups in total. The lowest BCUT2D eigenvalue weighted by molar-refractivity contribution is -0.160. The lowest BCUT2D eigenvalue weighted by atomic mass is 9.79. The maximum Gasteiger partial charge on any atom is 0.335 e. The number of hydrogen-bond acceptors (Lipinski definition) is 4. The van der Waals surface area contributed by atoms with Gasteiger partial charge in [0, 0.05) is 12.0 Å². The summed E-state index contributed by atoms with van der Waals surface area (Å²) in [5, 5.41) is 10.2. The van der Waals surface area contributed by atoms with Crippen LogP contribution < -0.4 is 5.73 Å². The second kappa shape index (κ2) is 5.08. The van der Waals surface area contributed by atoms with Crippen LogP contribution in [-0.4, -0.2) is 30.3 Å². The molecule has 1 atom stereocenters. The van der Waals surface area contributed by atoms with E-state index in [0.717, 1.165) is 11.1 Å². The van der Waals surface area contributed by atoms with Crippen molar-refractivity contribution in [3.8, 4) is 0 Å². The van der Waals surface area contributed by atoms with Crippen LogP contribution in [0.15, 0.2) is 24.3 Å². The Labute approximate surface area is 107 Å². The highest BCUT2D eigenvalue weighted by Gasteiger charge is 2.46. The lowest BCUT2D eigenvalue weighted by Gasteiger charge is -2.31. The summed E-state index contributed by atoms with van der Waals surface area (Å²) in [5.41, 5.74) is 7.52. The monoisotopic (exact) mass is 249 g/mol. The van der Waals surface area contributed by atoms with Gasteiger partial charge >= 0.3 is 5.97 Å². The molecule has 1 aromatic carbocycles. The Kier molecular flexibility index (Phi) is 3.68. The van der Waals surface area contributed by atoms with Crippen LogP contribution >= 0.6 is 0 Å². The van der Waals surface area contributed by atoms with Gasteiger partial charge in [-0.15, -0.1) is 0 Å². The fourth-order valence-electron chi connectivity index (χ4n) is 2.64. The quantitative estimate of drug-likeness (QED) is 0.769. The summed E-state index contributed by atoms with van der Waals surface area (Å²) >= 11 is 0. The first-order chi connectivity index (χ1) is 8.63. The molecule has 1 aromatic rings. The average molecular weight is 249 g/mol. The summed E-state index contributed by atoms with van der Waals surface area (Å²) in [5.74, 6) is -0.573. The van der Waals surface area contributed by atoms with Crippen LogP contribution in [0.3, 0.4) is 0 Å². The van der Waals surface area contributed by atoms with Crippen LogP contribution in [0.1, 0.15) is 18.1 Å². The molecule has 1 aliphatic carbocycles. The Morgan fingerprint density at radius 1 is 1.44 bits per heavy atom. The second-order valence-corrected chi connectivity index (χ2v) is 4.84. The molecule has 0 fully saturated rings. The first-order valence-electron chi connectivity index (χ1n) is 6.24. The molecule has 18 heavy (non-hydrogen) atoms. The number of rotatable bonds is 4. The molecule has 0 saturated heterocycles. The van der Waals surface area contributed by atoms with Gasteiger partial charge in [-0.05, 0) is 30.9 Å². The van der Waals surface area contributed by atoms with Crippen LogP contribution in [0.5, 0.6) is 0 Å². The van der Waals surface area contributed by atoms with E-state index in [-0.39, 0.29) is 13.2 Å². The molecule has 1 unspecified atom stereocenters. The van der Waals surface area contributed by atoms with Crippen LogP contribution in [0.4, 0.5) is 0 Å². The van der Waals surface area contributed by atoms with Gasteiger partial charge in [0.05, 0.1) is 6.61 Å². The molecule has 0 heterocycles. The van der Waals surface area contributed by atoms with Crippen LogP contribution in [0.2, 0.25) is 0 Å². The zero-order chi connectivity index (χ0) is 13.2. The predicted octanol–water partition coefficient (Wildman–Crippen LogP) is 0.654. The minimum Gasteiger partial charge on any atom is -0.464 e. The van der Waals surface area contributed by atoms with Gasteiger partial charge in [-0.2, -0.15) is 0 Å². The van der Waals surface area contributed by atoms with E-state index >= 15 is 0 Å². The molecular formula is C14H19NO3. The van der Waals surface area contributed by atoms with Crippen molar-refractivity contribution in [2.45, 2.75) is 25.9 Å². The van der Waals surface area contributed by atoms with Gasteiger partial charge in [0.25, 0.3) is 0 Å². The highest BCUT2D eigenvalue weighted by Crippen LogP contribution is 2.39. The number of fused-ring (bicyclic) bond motifs is 1. The molecule has 4 nitrogen and oxygen atoms in total. The number of carbonyl (C=O) groups is 1. The smallest absolute Gasteiger partial charge is 0.335 e. The highest BCUT2D eigenvalue weighted by atomic mass is 16.5. The maximum absolute atomic E-state index is 11.7. The number of aliphatic hydroxyl groups is 1. The van der Waals surface area contributed by atoms with Crippen molar-refractivity contribution in [2.24, 2.45) is 11.1 Å². The number of esters is 1. The minimum atomic E-state index is -1.16. The maximum atomic E-state index is 11.7. The third-order valence-electron chi connectivity index (χ3n) is 3.70.